The molecule has 1 aliphatic heterocycles. The summed E-state index contributed by atoms with van der Waals surface area (Å²) in [5.41, 5.74) is 8.24. The van der Waals surface area contributed by atoms with Crippen molar-refractivity contribution in [2.75, 3.05) is 20.1 Å². The average Bonchev–Trinajstić information content (AvgIpc) is 2.65. The molecule has 1 fully saturated rings. The molecule has 0 radical (unpaired) electrons. The summed E-state index contributed by atoms with van der Waals surface area (Å²) < 4.78 is 0. The molecule has 0 saturated carbocycles. The minimum Gasteiger partial charge on any atom is -0.328 e. The van der Waals surface area contributed by atoms with Crippen LogP contribution in [-0.2, 0) is 0 Å². The van der Waals surface area contributed by atoms with Gasteiger partial charge in [-0.05, 0) is 31.4 Å². The van der Waals surface area contributed by atoms with Gasteiger partial charge in [0.1, 0.15) is 0 Å². The molecule has 0 bridgehead atoms. The van der Waals surface area contributed by atoms with E-state index in [1.54, 1.807) is 0 Å². The molecular weight excluding hydrogens is 238 g/mol. The van der Waals surface area contributed by atoms with Crippen molar-refractivity contribution in [3.05, 3.63) is 35.4 Å². The number of hydrogen-bond donors (Lipinski definition) is 1. The molecule has 2 unspecified atom stereocenters. The van der Waals surface area contributed by atoms with Gasteiger partial charge in [0.2, 0.25) is 0 Å². The van der Waals surface area contributed by atoms with Gasteiger partial charge in [-0.25, -0.2) is 4.79 Å². The van der Waals surface area contributed by atoms with E-state index < -0.39 is 0 Å². The largest absolute Gasteiger partial charge is 0.328 e. The van der Waals surface area contributed by atoms with Crippen LogP contribution in [0, 0.1) is 6.92 Å². The molecule has 2 amide bonds. The van der Waals surface area contributed by atoms with Crippen LogP contribution in [0.5, 0.6) is 0 Å². The van der Waals surface area contributed by atoms with E-state index >= 15 is 0 Å². The first kappa shape index (κ1) is 13.9. The van der Waals surface area contributed by atoms with Gasteiger partial charge in [0.25, 0.3) is 0 Å². The van der Waals surface area contributed by atoms with Gasteiger partial charge in [-0.3, -0.25) is 0 Å². The highest BCUT2D eigenvalue weighted by molar-refractivity contribution is 5.77. The lowest BCUT2D eigenvalue weighted by Crippen LogP contribution is -2.32. The van der Waals surface area contributed by atoms with Gasteiger partial charge in [0.05, 0.1) is 6.04 Å². The zero-order valence-corrected chi connectivity index (χ0v) is 12.0. The standard InChI is InChI=1S/C15H23N3O/c1-11-6-4-5-7-13(11)14-10-18(9-8-12(2)16)15(19)17(14)3/h4-7,12,14H,8-10,16H2,1-3H3. The Morgan fingerprint density at radius 2 is 2.11 bits per heavy atom. The molecule has 1 saturated heterocycles. The molecule has 0 aliphatic carbocycles. The number of nitrogens with zero attached hydrogens (tertiary/aromatic N) is 2. The van der Waals surface area contributed by atoms with Crippen LogP contribution in [-0.4, -0.2) is 42.0 Å². The highest BCUT2D eigenvalue weighted by atomic mass is 16.2. The minimum atomic E-state index is 0.105. The molecule has 1 aromatic rings. The van der Waals surface area contributed by atoms with Gasteiger partial charge in [-0.1, -0.05) is 24.3 Å². The second kappa shape index (κ2) is 5.61. The number of hydrogen-bond acceptors (Lipinski definition) is 2. The van der Waals surface area contributed by atoms with Crippen molar-refractivity contribution < 1.29 is 4.79 Å². The normalized spacial score (nSPS) is 21.1. The van der Waals surface area contributed by atoms with E-state index in [1.807, 2.05) is 35.9 Å². The third kappa shape index (κ3) is 2.89. The predicted octanol–water partition coefficient (Wildman–Crippen LogP) is 2.14. The average molecular weight is 261 g/mol. The van der Waals surface area contributed by atoms with Gasteiger partial charge in [0, 0.05) is 26.2 Å². The number of rotatable bonds is 4. The maximum atomic E-state index is 12.2. The van der Waals surface area contributed by atoms with E-state index in [0.29, 0.717) is 0 Å². The Bertz CT molecular complexity index is 458. The van der Waals surface area contributed by atoms with Crippen LogP contribution >= 0.6 is 0 Å². The summed E-state index contributed by atoms with van der Waals surface area (Å²) in [5.74, 6) is 0. The van der Waals surface area contributed by atoms with Crippen LogP contribution in [0.3, 0.4) is 0 Å². The Labute approximate surface area is 115 Å². The fourth-order valence-corrected chi connectivity index (χ4v) is 2.58. The second-order valence-electron chi connectivity index (χ2n) is 5.48. The first-order chi connectivity index (χ1) is 9.00. The highest BCUT2D eigenvalue weighted by Gasteiger charge is 2.35. The van der Waals surface area contributed by atoms with Gasteiger partial charge >= 0.3 is 6.03 Å². The molecule has 104 valence electrons. The third-order valence-electron chi connectivity index (χ3n) is 3.83. The van der Waals surface area contributed by atoms with Crippen LogP contribution in [0.2, 0.25) is 0 Å². The summed E-state index contributed by atoms with van der Waals surface area (Å²) >= 11 is 0. The topological polar surface area (TPSA) is 49.6 Å². The molecule has 0 spiro atoms. The van der Waals surface area contributed by atoms with E-state index in [-0.39, 0.29) is 18.1 Å². The van der Waals surface area contributed by atoms with Crippen LogP contribution in [0.25, 0.3) is 0 Å². The van der Waals surface area contributed by atoms with Crippen LogP contribution in [0.4, 0.5) is 4.79 Å². The molecule has 1 aromatic carbocycles. The number of benzene rings is 1. The van der Waals surface area contributed by atoms with Crippen molar-refractivity contribution in [1.82, 2.24) is 9.80 Å². The lowest BCUT2D eigenvalue weighted by atomic mass is 10.0. The monoisotopic (exact) mass is 261 g/mol. The summed E-state index contributed by atoms with van der Waals surface area (Å²) in [7, 11) is 1.88. The van der Waals surface area contributed by atoms with Crippen molar-refractivity contribution in [2.45, 2.75) is 32.4 Å². The Morgan fingerprint density at radius 3 is 2.74 bits per heavy atom. The summed E-state index contributed by atoms with van der Waals surface area (Å²) in [4.78, 5) is 16.0. The molecule has 0 aromatic heterocycles. The number of nitrogens with two attached hydrogens (primary N) is 1. The number of urea groups is 1. The van der Waals surface area contributed by atoms with Crippen molar-refractivity contribution in [1.29, 1.82) is 0 Å². The molecule has 4 nitrogen and oxygen atoms in total. The number of likely N-dealkylation sites (N-methyl/N-ethyl adjacent to an activating group) is 1. The lowest BCUT2D eigenvalue weighted by Gasteiger charge is -2.19. The quantitative estimate of drug-likeness (QED) is 0.902. The molecule has 2 N–H and O–H groups in total. The Hall–Kier alpha value is -1.55. The van der Waals surface area contributed by atoms with E-state index in [0.717, 1.165) is 19.5 Å². The zero-order chi connectivity index (χ0) is 14.0. The van der Waals surface area contributed by atoms with Crippen LogP contribution < -0.4 is 5.73 Å². The van der Waals surface area contributed by atoms with Crippen molar-refractivity contribution in [3.63, 3.8) is 0 Å². The van der Waals surface area contributed by atoms with Gasteiger partial charge in [-0.15, -0.1) is 0 Å². The van der Waals surface area contributed by atoms with Crippen molar-refractivity contribution >= 4 is 6.03 Å². The Balaban J connectivity index is 2.12. The smallest absolute Gasteiger partial charge is 0.320 e. The number of amides is 2. The highest BCUT2D eigenvalue weighted by Crippen LogP contribution is 2.29. The third-order valence-corrected chi connectivity index (χ3v) is 3.83. The molecule has 2 rings (SSSR count). The lowest BCUT2D eigenvalue weighted by molar-refractivity contribution is 0.194. The molecule has 1 heterocycles. The Kier molecular flexibility index (Phi) is 4.10. The summed E-state index contributed by atoms with van der Waals surface area (Å²) in [5, 5.41) is 0. The summed E-state index contributed by atoms with van der Waals surface area (Å²) in [6.45, 7) is 5.57. The van der Waals surface area contributed by atoms with Crippen molar-refractivity contribution in [3.8, 4) is 0 Å². The van der Waals surface area contributed by atoms with E-state index in [9.17, 15) is 4.79 Å². The summed E-state index contributed by atoms with van der Waals surface area (Å²) in [6.07, 6.45) is 0.847. The van der Waals surface area contributed by atoms with Gasteiger partial charge in [0.15, 0.2) is 0 Å². The van der Waals surface area contributed by atoms with Gasteiger partial charge in [-0.2, -0.15) is 0 Å². The fourth-order valence-electron chi connectivity index (χ4n) is 2.58. The fraction of sp³-hybridized carbons (Fsp3) is 0.533. The maximum absolute atomic E-state index is 12.2. The first-order valence-corrected chi connectivity index (χ1v) is 6.83. The SMILES string of the molecule is Cc1ccccc1C1CN(CCC(C)N)C(=O)N1C. The minimum absolute atomic E-state index is 0.105. The maximum Gasteiger partial charge on any atom is 0.320 e. The van der Waals surface area contributed by atoms with Crippen molar-refractivity contribution in [2.24, 2.45) is 5.73 Å². The van der Waals surface area contributed by atoms with E-state index in [4.69, 9.17) is 5.73 Å². The van der Waals surface area contributed by atoms with Crippen LogP contribution in [0.1, 0.15) is 30.5 Å². The van der Waals surface area contributed by atoms with E-state index in [2.05, 4.69) is 19.1 Å². The number of aryl methyl sites for hydroxylation is 1. The van der Waals surface area contributed by atoms with Crippen LogP contribution in [0.15, 0.2) is 24.3 Å². The number of carbonyl (C=O) groups is 1. The molecule has 2 atom stereocenters. The molecule has 1 aliphatic rings. The molecule has 4 heteroatoms. The first-order valence-electron chi connectivity index (χ1n) is 6.83. The van der Waals surface area contributed by atoms with E-state index in [1.165, 1.54) is 11.1 Å². The number of carbonyl (C=O) groups excluding carboxylic acids is 1. The van der Waals surface area contributed by atoms with Gasteiger partial charge < -0.3 is 15.5 Å². The Morgan fingerprint density at radius 1 is 1.42 bits per heavy atom. The predicted molar refractivity (Wildman–Crippen MR) is 76.9 cm³/mol. The molecule has 19 heavy (non-hydrogen) atoms. The summed E-state index contributed by atoms with van der Waals surface area (Å²) in [6, 6.07) is 8.66. The zero-order valence-electron chi connectivity index (χ0n) is 12.0. The second-order valence-corrected chi connectivity index (χ2v) is 5.48. The molecular formula is C15H23N3O.